The lowest BCUT2D eigenvalue weighted by Gasteiger charge is -2.42. The van der Waals surface area contributed by atoms with Crippen molar-refractivity contribution in [3.05, 3.63) is 23.8 Å². The lowest BCUT2D eigenvalue weighted by atomic mass is 9.64. The number of aromatic hydroxyl groups is 1. The summed E-state index contributed by atoms with van der Waals surface area (Å²) in [5, 5.41) is 19.8. The molecule has 2 aliphatic carbocycles. The van der Waals surface area contributed by atoms with Gasteiger partial charge in [-0.25, -0.2) is 0 Å². The van der Waals surface area contributed by atoms with Crippen molar-refractivity contribution < 1.29 is 14.9 Å². The first kappa shape index (κ1) is 13.7. The molecule has 0 bridgehead atoms. The zero-order valence-corrected chi connectivity index (χ0v) is 12.3. The number of fused-ring (bicyclic) bond motifs is 1. The van der Waals surface area contributed by atoms with Gasteiger partial charge in [0.1, 0.15) is 11.5 Å². The first-order valence-electron chi connectivity index (χ1n) is 7.59. The zero-order chi connectivity index (χ0) is 14.3. The highest BCUT2D eigenvalue weighted by Gasteiger charge is 2.49. The maximum absolute atomic E-state index is 10.2. The van der Waals surface area contributed by atoms with Crippen molar-refractivity contribution in [1.82, 2.24) is 0 Å². The van der Waals surface area contributed by atoms with Crippen LogP contribution in [-0.2, 0) is 0 Å². The molecule has 0 aliphatic heterocycles. The summed E-state index contributed by atoms with van der Waals surface area (Å²) in [6, 6.07) is 5.44. The molecule has 2 saturated carbocycles. The number of aliphatic hydroxyl groups is 1. The number of benzene rings is 1. The number of rotatable bonds is 2. The fourth-order valence-electron chi connectivity index (χ4n) is 4.31. The Kier molecular flexibility index (Phi) is 3.41. The fourth-order valence-corrected chi connectivity index (χ4v) is 4.31. The van der Waals surface area contributed by atoms with Crippen molar-refractivity contribution in [2.75, 3.05) is 7.11 Å². The van der Waals surface area contributed by atoms with Crippen LogP contribution in [0.15, 0.2) is 18.2 Å². The molecule has 20 heavy (non-hydrogen) atoms. The SMILES string of the molecule is COc1cc(O)ccc1[C@H]1CC[C@@]2(C)[C@H](CC[C@@H]2O)C1. The Morgan fingerprint density at radius 2 is 2.05 bits per heavy atom. The van der Waals surface area contributed by atoms with Gasteiger partial charge >= 0.3 is 0 Å². The molecule has 0 heterocycles. The number of aliphatic hydroxyl groups excluding tert-OH is 1. The average Bonchev–Trinajstić information content (AvgIpc) is 2.74. The molecule has 3 rings (SSSR count). The minimum absolute atomic E-state index is 0.112. The van der Waals surface area contributed by atoms with Gasteiger partial charge in [-0.3, -0.25) is 0 Å². The van der Waals surface area contributed by atoms with Crippen LogP contribution in [0.5, 0.6) is 11.5 Å². The van der Waals surface area contributed by atoms with E-state index in [1.807, 2.05) is 6.07 Å². The summed E-state index contributed by atoms with van der Waals surface area (Å²) in [7, 11) is 1.66. The third kappa shape index (κ3) is 2.08. The Bertz CT molecular complexity index is 499. The number of hydrogen-bond acceptors (Lipinski definition) is 3. The van der Waals surface area contributed by atoms with E-state index in [0.717, 1.165) is 37.9 Å². The molecule has 3 heteroatoms. The minimum Gasteiger partial charge on any atom is -0.508 e. The van der Waals surface area contributed by atoms with Gasteiger partial charge in [-0.05, 0) is 61.0 Å². The maximum Gasteiger partial charge on any atom is 0.126 e. The van der Waals surface area contributed by atoms with E-state index in [1.165, 1.54) is 5.56 Å². The van der Waals surface area contributed by atoms with Gasteiger partial charge in [0.15, 0.2) is 0 Å². The first-order valence-corrected chi connectivity index (χ1v) is 7.59. The Morgan fingerprint density at radius 1 is 1.25 bits per heavy atom. The van der Waals surface area contributed by atoms with Gasteiger partial charge in [-0.2, -0.15) is 0 Å². The molecule has 0 saturated heterocycles. The highest BCUT2D eigenvalue weighted by atomic mass is 16.5. The van der Waals surface area contributed by atoms with E-state index in [0.29, 0.717) is 11.8 Å². The molecule has 0 amide bonds. The zero-order valence-electron chi connectivity index (χ0n) is 12.3. The molecule has 2 N–H and O–H groups in total. The number of hydrogen-bond donors (Lipinski definition) is 2. The molecule has 0 spiro atoms. The smallest absolute Gasteiger partial charge is 0.126 e. The molecule has 0 unspecified atom stereocenters. The van der Waals surface area contributed by atoms with Crippen LogP contribution >= 0.6 is 0 Å². The summed E-state index contributed by atoms with van der Waals surface area (Å²) in [4.78, 5) is 0. The van der Waals surface area contributed by atoms with Crippen molar-refractivity contribution >= 4 is 0 Å². The van der Waals surface area contributed by atoms with Crippen LogP contribution in [0.2, 0.25) is 0 Å². The Labute approximate surface area is 120 Å². The summed E-state index contributed by atoms with van der Waals surface area (Å²) in [6.07, 6.45) is 5.23. The predicted octanol–water partition coefficient (Wildman–Crippen LogP) is 3.45. The molecular weight excluding hydrogens is 252 g/mol. The fraction of sp³-hybridized carbons (Fsp3) is 0.647. The van der Waals surface area contributed by atoms with E-state index in [4.69, 9.17) is 4.74 Å². The Balaban J connectivity index is 1.84. The van der Waals surface area contributed by atoms with E-state index >= 15 is 0 Å². The topological polar surface area (TPSA) is 49.7 Å². The molecule has 2 fully saturated rings. The molecule has 0 radical (unpaired) electrons. The number of ether oxygens (including phenoxy) is 1. The maximum atomic E-state index is 10.2. The largest absolute Gasteiger partial charge is 0.508 e. The predicted molar refractivity (Wildman–Crippen MR) is 78.1 cm³/mol. The quantitative estimate of drug-likeness (QED) is 0.870. The van der Waals surface area contributed by atoms with E-state index < -0.39 is 0 Å². The first-order chi connectivity index (χ1) is 9.54. The van der Waals surface area contributed by atoms with Gasteiger partial charge in [0.25, 0.3) is 0 Å². The van der Waals surface area contributed by atoms with Crippen molar-refractivity contribution in [3.63, 3.8) is 0 Å². The van der Waals surface area contributed by atoms with Crippen LogP contribution in [-0.4, -0.2) is 23.4 Å². The van der Waals surface area contributed by atoms with Crippen molar-refractivity contribution in [1.29, 1.82) is 0 Å². The third-order valence-electron chi connectivity index (χ3n) is 5.74. The van der Waals surface area contributed by atoms with Crippen LogP contribution < -0.4 is 4.74 Å². The Hall–Kier alpha value is -1.22. The van der Waals surface area contributed by atoms with Crippen LogP contribution in [0.4, 0.5) is 0 Å². The summed E-state index contributed by atoms with van der Waals surface area (Å²) in [6.45, 7) is 2.25. The molecule has 1 aromatic carbocycles. The summed E-state index contributed by atoms with van der Waals surface area (Å²) < 4.78 is 5.43. The second-order valence-electron chi connectivity index (χ2n) is 6.69. The van der Waals surface area contributed by atoms with E-state index in [9.17, 15) is 10.2 Å². The van der Waals surface area contributed by atoms with Gasteiger partial charge in [-0.1, -0.05) is 13.0 Å². The van der Waals surface area contributed by atoms with E-state index in [-0.39, 0.29) is 17.3 Å². The highest BCUT2D eigenvalue weighted by molar-refractivity contribution is 5.42. The van der Waals surface area contributed by atoms with Gasteiger partial charge in [0, 0.05) is 6.07 Å². The van der Waals surface area contributed by atoms with Crippen LogP contribution in [0.1, 0.15) is 50.5 Å². The second-order valence-corrected chi connectivity index (χ2v) is 6.69. The lowest BCUT2D eigenvalue weighted by molar-refractivity contribution is 0.00855. The Morgan fingerprint density at radius 3 is 2.80 bits per heavy atom. The molecular formula is C17H24O3. The number of phenols is 1. The van der Waals surface area contributed by atoms with Crippen molar-refractivity contribution in [2.24, 2.45) is 11.3 Å². The summed E-state index contributed by atoms with van der Waals surface area (Å²) in [5.74, 6) is 2.13. The molecule has 1 aromatic rings. The van der Waals surface area contributed by atoms with Crippen LogP contribution in [0.3, 0.4) is 0 Å². The van der Waals surface area contributed by atoms with Crippen molar-refractivity contribution in [2.45, 2.75) is 51.0 Å². The molecule has 110 valence electrons. The average molecular weight is 276 g/mol. The highest BCUT2D eigenvalue weighted by Crippen LogP contribution is 2.56. The molecule has 2 aliphatic rings. The number of phenolic OH excluding ortho intramolecular Hbond substituents is 1. The van der Waals surface area contributed by atoms with Crippen molar-refractivity contribution in [3.8, 4) is 11.5 Å². The van der Waals surface area contributed by atoms with Gasteiger partial charge in [0.2, 0.25) is 0 Å². The molecule has 3 nitrogen and oxygen atoms in total. The summed E-state index contributed by atoms with van der Waals surface area (Å²) >= 11 is 0. The monoisotopic (exact) mass is 276 g/mol. The minimum atomic E-state index is -0.129. The van der Waals surface area contributed by atoms with Gasteiger partial charge < -0.3 is 14.9 Å². The number of methoxy groups -OCH3 is 1. The van der Waals surface area contributed by atoms with E-state index in [2.05, 4.69) is 6.92 Å². The van der Waals surface area contributed by atoms with Crippen LogP contribution in [0, 0.1) is 11.3 Å². The second kappa shape index (κ2) is 4.96. The standard InChI is InChI=1S/C17H24O3/c1-17-8-7-11(9-12(17)3-6-16(17)19)14-5-4-13(18)10-15(14)20-2/h4-5,10-12,16,18-19H,3,6-9H2,1-2H3/t11-,12+,16-,17-/m0/s1. The molecule has 4 atom stereocenters. The lowest BCUT2D eigenvalue weighted by Crippen LogP contribution is -2.37. The molecule has 0 aromatic heterocycles. The third-order valence-corrected chi connectivity index (χ3v) is 5.74. The normalized spacial score (nSPS) is 36.6. The van der Waals surface area contributed by atoms with Gasteiger partial charge in [0.05, 0.1) is 13.2 Å². The van der Waals surface area contributed by atoms with Gasteiger partial charge in [-0.15, -0.1) is 0 Å². The summed E-state index contributed by atoms with van der Waals surface area (Å²) in [5.41, 5.74) is 1.31. The van der Waals surface area contributed by atoms with Crippen LogP contribution in [0.25, 0.3) is 0 Å². The van der Waals surface area contributed by atoms with E-state index in [1.54, 1.807) is 19.2 Å².